The van der Waals surface area contributed by atoms with Crippen LogP contribution in [0.3, 0.4) is 0 Å². The lowest BCUT2D eigenvalue weighted by atomic mass is 10.1. The Morgan fingerprint density at radius 2 is 1.79 bits per heavy atom. The molecule has 2 aromatic carbocycles. The summed E-state index contributed by atoms with van der Waals surface area (Å²) >= 11 is 0.767. The maximum absolute atomic E-state index is 12.9. The zero-order valence-corrected chi connectivity index (χ0v) is 18.9. The first-order valence-corrected chi connectivity index (χ1v) is 11.1. The summed E-state index contributed by atoms with van der Waals surface area (Å²) in [4.78, 5) is 38.8. The number of hydrogen-bond donors (Lipinski definition) is 1. The number of hydrogen-bond acceptors (Lipinski definition) is 8. The normalized spacial score (nSPS) is 15.8. The Bertz CT molecular complexity index is 1110. The third-order valence-corrected chi connectivity index (χ3v) is 5.62. The summed E-state index contributed by atoms with van der Waals surface area (Å²) < 4.78 is 21.8. The van der Waals surface area contributed by atoms with E-state index in [2.05, 4.69) is 5.32 Å². The van der Waals surface area contributed by atoms with E-state index in [-0.39, 0.29) is 11.7 Å². The predicted octanol–water partition coefficient (Wildman–Crippen LogP) is 3.89. The van der Waals surface area contributed by atoms with Crippen molar-refractivity contribution in [3.05, 3.63) is 46.9 Å². The first-order chi connectivity index (χ1) is 16.0. The van der Waals surface area contributed by atoms with E-state index >= 15 is 0 Å². The van der Waals surface area contributed by atoms with Crippen LogP contribution < -0.4 is 24.3 Å². The lowest BCUT2D eigenvalue weighted by Gasteiger charge is -2.13. The van der Waals surface area contributed by atoms with Crippen molar-refractivity contribution in [3.8, 4) is 23.0 Å². The van der Waals surface area contributed by atoms with E-state index in [1.165, 1.54) is 0 Å². The quantitative estimate of drug-likeness (QED) is 0.580. The van der Waals surface area contributed by atoms with Crippen LogP contribution in [0.5, 0.6) is 23.0 Å². The Kier molecular flexibility index (Phi) is 6.74. The number of nitrogens with zero attached hydrogens (tertiary/aromatic N) is 1. The number of carbonyl (C=O) groups excluding carboxylic acids is 3. The van der Waals surface area contributed by atoms with Gasteiger partial charge >= 0.3 is 0 Å². The highest BCUT2D eigenvalue weighted by Gasteiger charge is 2.36. The standard InChI is InChI=1S/C23H22N2O7S/c1-3-29-16-7-5-15(6-8-16)24-21(26)12-25-22(27)20(33-23(25)28)10-14-9-18-19(32-13-31-18)11-17(14)30-4-2/h5-11H,3-4,12-13H2,1-2H3,(H,24,26)/b20-10+. The summed E-state index contributed by atoms with van der Waals surface area (Å²) in [6.07, 6.45) is 1.56. The fourth-order valence-electron chi connectivity index (χ4n) is 3.26. The molecule has 0 unspecified atom stereocenters. The van der Waals surface area contributed by atoms with E-state index in [0.29, 0.717) is 47.5 Å². The van der Waals surface area contributed by atoms with Crippen LogP contribution in [0, 0.1) is 0 Å². The molecule has 3 amide bonds. The molecule has 0 aromatic heterocycles. The van der Waals surface area contributed by atoms with Crippen LogP contribution in [0.4, 0.5) is 10.5 Å². The molecule has 0 aliphatic carbocycles. The van der Waals surface area contributed by atoms with Crippen molar-refractivity contribution < 1.29 is 33.3 Å². The molecule has 0 saturated carbocycles. The number of fused-ring (bicyclic) bond motifs is 1. The van der Waals surface area contributed by atoms with E-state index in [1.807, 2.05) is 13.8 Å². The maximum atomic E-state index is 12.9. The molecule has 4 rings (SSSR count). The zero-order chi connectivity index (χ0) is 23.4. The minimum Gasteiger partial charge on any atom is -0.494 e. The van der Waals surface area contributed by atoms with E-state index in [0.717, 1.165) is 16.7 Å². The summed E-state index contributed by atoms with van der Waals surface area (Å²) in [5.74, 6) is 1.23. The molecule has 172 valence electrons. The predicted molar refractivity (Wildman–Crippen MR) is 123 cm³/mol. The molecule has 2 aromatic rings. The van der Waals surface area contributed by atoms with Gasteiger partial charge in [-0.2, -0.15) is 0 Å². The Morgan fingerprint density at radius 3 is 2.48 bits per heavy atom. The fraction of sp³-hybridized carbons (Fsp3) is 0.261. The Balaban J connectivity index is 1.46. The largest absolute Gasteiger partial charge is 0.494 e. The molecule has 2 aliphatic heterocycles. The number of amides is 3. The van der Waals surface area contributed by atoms with Crippen LogP contribution in [-0.2, 0) is 9.59 Å². The molecule has 0 bridgehead atoms. The number of thioether (sulfide) groups is 1. The minimum absolute atomic E-state index is 0.102. The third kappa shape index (κ3) is 5.06. The van der Waals surface area contributed by atoms with Crippen molar-refractivity contribution in [2.45, 2.75) is 13.8 Å². The second kappa shape index (κ2) is 9.86. The number of ether oxygens (including phenoxy) is 4. The van der Waals surface area contributed by atoms with Gasteiger partial charge in [0.15, 0.2) is 11.5 Å². The third-order valence-electron chi connectivity index (χ3n) is 4.72. The van der Waals surface area contributed by atoms with E-state index in [9.17, 15) is 14.4 Å². The second-order valence-corrected chi connectivity index (χ2v) is 7.94. The number of imide groups is 1. The summed E-state index contributed by atoms with van der Waals surface area (Å²) in [5, 5.41) is 2.16. The zero-order valence-electron chi connectivity index (χ0n) is 18.1. The van der Waals surface area contributed by atoms with Crippen LogP contribution >= 0.6 is 11.8 Å². The van der Waals surface area contributed by atoms with Crippen LogP contribution in [0.25, 0.3) is 6.08 Å². The second-order valence-electron chi connectivity index (χ2n) is 6.95. The highest BCUT2D eigenvalue weighted by atomic mass is 32.2. The molecular weight excluding hydrogens is 448 g/mol. The number of nitrogens with one attached hydrogen (secondary N) is 1. The summed E-state index contributed by atoms with van der Waals surface area (Å²) in [6.45, 7) is 4.37. The van der Waals surface area contributed by atoms with E-state index < -0.39 is 23.6 Å². The first kappa shape index (κ1) is 22.5. The molecule has 2 aliphatic rings. The van der Waals surface area contributed by atoms with E-state index in [4.69, 9.17) is 18.9 Å². The lowest BCUT2D eigenvalue weighted by molar-refractivity contribution is -0.127. The fourth-order valence-corrected chi connectivity index (χ4v) is 4.08. The van der Waals surface area contributed by atoms with Crippen LogP contribution in [0.15, 0.2) is 41.3 Å². The minimum atomic E-state index is -0.549. The van der Waals surface area contributed by atoms with Crippen LogP contribution in [-0.4, -0.2) is 48.5 Å². The topological polar surface area (TPSA) is 103 Å². The number of benzene rings is 2. The van der Waals surface area contributed by atoms with Gasteiger partial charge in [-0.3, -0.25) is 19.3 Å². The van der Waals surface area contributed by atoms with Gasteiger partial charge in [0.1, 0.15) is 18.0 Å². The Hall–Kier alpha value is -3.66. The summed E-state index contributed by atoms with van der Waals surface area (Å²) in [7, 11) is 0. The lowest BCUT2D eigenvalue weighted by Crippen LogP contribution is -2.36. The smallest absolute Gasteiger partial charge is 0.294 e. The Labute approximate surface area is 194 Å². The molecule has 33 heavy (non-hydrogen) atoms. The molecule has 2 heterocycles. The van der Waals surface area contributed by atoms with Crippen molar-refractivity contribution in [2.24, 2.45) is 0 Å². The van der Waals surface area contributed by atoms with Crippen LogP contribution in [0.2, 0.25) is 0 Å². The molecule has 1 fully saturated rings. The van der Waals surface area contributed by atoms with Crippen molar-refractivity contribution in [1.82, 2.24) is 4.90 Å². The van der Waals surface area contributed by atoms with Gasteiger partial charge in [-0.1, -0.05) is 0 Å². The van der Waals surface area contributed by atoms with Gasteiger partial charge in [-0.25, -0.2) is 0 Å². The molecule has 0 spiro atoms. The van der Waals surface area contributed by atoms with Crippen LogP contribution in [0.1, 0.15) is 19.4 Å². The van der Waals surface area contributed by atoms with Crippen molar-refractivity contribution in [1.29, 1.82) is 0 Å². The number of rotatable bonds is 8. The SMILES string of the molecule is CCOc1ccc(NC(=O)CN2C(=O)S/C(=C/c3cc4c(cc3OCC)OCO4)C2=O)cc1. The monoisotopic (exact) mass is 470 g/mol. The van der Waals surface area contributed by atoms with Gasteiger partial charge in [0.25, 0.3) is 11.1 Å². The molecular formula is C23H22N2O7S. The average molecular weight is 471 g/mol. The van der Waals surface area contributed by atoms with Gasteiger partial charge in [0, 0.05) is 17.3 Å². The maximum Gasteiger partial charge on any atom is 0.294 e. The van der Waals surface area contributed by atoms with Gasteiger partial charge in [-0.15, -0.1) is 0 Å². The summed E-state index contributed by atoms with van der Waals surface area (Å²) in [5.41, 5.74) is 1.11. The highest BCUT2D eigenvalue weighted by Crippen LogP contribution is 2.41. The van der Waals surface area contributed by atoms with Gasteiger partial charge in [0.2, 0.25) is 12.7 Å². The number of carbonyl (C=O) groups is 3. The van der Waals surface area contributed by atoms with Gasteiger partial charge in [-0.05, 0) is 62.0 Å². The van der Waals surface area contributed by atoms with Gasteiger partial charge < -0.3 is 24.3 Å². The summed E-state index contributed by atoms with van der Waals surface area (Å²) in [6, 6.07) is 10.2. The molecule has 0 atom stereocenters. The average Bonchev–Trinajstić information content (AvgIpc) is 3.35. The number of anilines is 1. The molecule has 1 N–H and O–H groups in total. The van der Waals surface area contributed by atoms with Crippen molar-refractivity contribution >= 4 is 40.6 Å². The Morgan fingerprint density at radius 1 is 1.09 bits per heavy atom. The van der Waals surface area contributed by atoms with Crippen molar-refractivity contribution in [2.75, 3.05) is 31.9 Å². The first-order valence-electron chi connectivity index (χ1n) is 10.3. The van der Waals surface area contributed by atoms with Crippen molar-refractivity contribution in [3.63, 3.8) is 0 Å². The molecule has 10 heteroatoms. The molecule has 9 nitrogen and oxygen atoms in total. The highest BCUT2D eigenvalue weighted by molar-refractivity contribution is 8.18. The van der Waals surface area contributed by atoms with Gasteiger partial charge in [0.05, 0.1) is 18.1 Å². The molecule has 0 radical (unpaired) electrons. The molecule has 1 saturated heterocycles. The van der Waals surface area contributed by atoms with E-state index in [1.54, 1.807) is 42.5 Å².